The molecule has 0 spiro atoms. The van der Waals surface area contributed by atoms with Gasteiger partial charge in [0, 0.05) is 11.6 Å². The quantitative estimate of drug-likeness (QED) is 0.838. The summed E-state index contributed by atoms with van der Waals surface area (Å²) in [5.74, 6) is 0.621. The van der Waals surface area contributed by atoms with Gasteiger partial charge in [0.25, 0.3) is 0 Å². The Kier molecular flexibility index (Phi) is 4.71. The van der Waals surface area contributed by atoms with Gasteiger partial charge in [-0.1, -0.05) is 17.7 Å². The molecule has 1 saturated heterocycles. The van der Waals surface area contributed by atoms with E-state index in [1.165, 1.54) is 0 Å². The summed E-state index contributed by atoms with van der Waals surface area (Å²) >= 11 is 6.06. The summed E-state index contributed by atoms with van der Waals surface area (Å²) < 4.78 is 34.6. The Morgan fingerprint density at radius 1 is 1.47 bits per heavy atom. The van der Waals surface area contributed by atoms with Gasteiger partial charge < -0.3 is 9.47 Å². The van der Waals surface area contributed by atoms with Gasteiger partial charge in [-0.3, -0.25) is 0 Å². The lowest BCUT2D eigenvalue weighted by molar-refractivity contribution is 0.127. The zero-order valence-electron chi connectivity index (χ0n) is 10.8. The van der Waals surface area contributed by atoms with Crippen LogP contribution in [0.25, 0.3) is 0 Å². The molecule has 0 aromatic heterocycles. The molecule has 0 aliphatic carbocycles. The Morgan fingerprint density at radius 2 is 2.26 bits per heavy atom. The fourth-order valence-electron chi connectivity index (χ4n) is 2.13. The average molecular weight is 305 g/mol. The van der Waals surface area contributed by atoms with Crippen LogP contribution in [-0.2, 0) is 20.3 Å². The number of methoxy groups -OCH3 is 1. The molecular formula is C13H17ClO4S. The molecule has 0 radical (unpaired) electrons. The molecule has 1 aliphatic heterocycles. The minimum absolute atomic E-state index is 0.0598. The van der Waals surface area contributed by atoms with E-state index in [4.69, 9.17) is 21.1 Å². The molecule has 0 bridgehead atoms. The van der Waals surface area contributed by atoms with Crippen LogP contribution in [0.3, 0.4) is 0 Å². The standard InChI is InChI=1S/C13H17ClO4S/c1-17-11-5-4-10(13(14)7-11)8-19(15,16)9-12-3-2-6-18-12/h4-5,7,12H,2-3,6,8-9H2,1H3/t12-/m0/s1. The first-order valence-electron chi connectivity index (χ1n) is 6.14. The Hall–Kier alpha value is -0.780. The van der Waals surface area contributed by atoms with Gasteiger partial charge in [0.15, 0.2) is 9.84 Å². The van der Waals surface area contributed by atoms with E-state index < -0.39 is 9.84 Å². The highest BCUT2D eigenvalue weighted by Gasteiger charge is 2.24. The molecule has 0 N–H and O–H groups in total. The SMILES string of the molecule is COc1ccc(CS(=O)(=O)C[C@@H]2CCCO2)c(Cl)c1. The van der Waals surface area contributed by atoms with Crippen molar-refractivity contribution in [2.75, 3.05) is 19.5 Å². The van der Waals surface area contributed by atoms with Crippen LogP contribution in [0.5, 0.6) is 5.75 Å². The molecule has 1 aliphatic rings. The maximum absolute atomic E-state index is 12.1. The van der Waals surface area contributed by atoms with Gasteiger partial charge in [-0.25, -0.2) is 8.42 Å². The lowest BCUT2D eigenvalue weighted by Crippen LogP contribution is -2.21. The van der Waals surface area contributed by atoms with Crippen molar-refractivity contribution in [2.24, 2.45) is 0 Å². The molecule has 0 amide bonds. The van der Waals surface area contributed by atoms with Crippen molar-refractivity contribution in [2.45, 2.75) is 24.7 Å². The molecule has 1 fully saturated rings. The van der Waals surface area contributed by atoms with Crippen molar-refractivity contribution in [1.29, 1.82) is 0 Å². The van der Waals surface area contributed by atoms with Gasteiger partial charge in [-0.05, 0) is 30.5 Å². The summed E-state index contributed by atoms with van der Waals surface area (Å²) in [6.07, 6.45) is 1.58. The number of sulfone groups is 1. The molecule has 0 unspecified atom stereocenters. The summed E-state index contributed by atoms with van der Waals surface area (Å²) in [5.41, 5.74) is 0.598. The van der Waals surface area contributed by atoms with Gasteiger partial charge in [-0.15, -0.1) is 0 Å². The minimum Gasteiger partial charge on any atom is -0.497 e. The third kappa shape index (κ3) is 4.09. The molecular weight excluding hydrogens is 288 g/mol. The number of benzene rings is 1. The summed E-state index contributed by atoms with van der Waals surface area (Å²) in [7, 11) is -1.67. The number of rotatable bonds is 5. The van der Waals surface area contributed by atoms with Crippen molar-refractivity contribution in [1.82, 2.24) is 0 Å². The van der Waals surface area contributed by atoms with Crippen LogP contribution in [0.4, 0.5) is 0 Å². The van der Waals surface area contributed by atoms with Crippen molar-refractivity contribution in [3.05, 3.63) is 28.8 Å². The van der Waals surface area contributed by atoms with Crippen LogP contribution < -0.4 is 4.74 Å². The topological polar surface area (TPSA) is 52.6 Å². The van der Waals surface area contributed by atoms with Crippen LogP contribution in [-0.4, -0.2) is 34.0 Å². The molecule has 1 heterocycles. The molecule has 1 aromatic carbocycles. The van der Waals surface area contributed by atoms with E-state index in [0.29, 0.717) is 22.9 Å². The number of ether oxygens (including phenoxy) is 2. The van der Waals surface area contributed by atoms with Crippen LogP contribution in [0, 0.1) is 0 Å². The number of hydrogen-bond donors (Lipinski definition) is 0. The highest BCUT2D eigenvalue weighted by molar-refractivity contribution is 7.90. The summed E-state index contributed by atoms with van der Waals surface area (Å²) in [6.45, 7) is 0.656. The maximum atomic E-state index is 12.1. The Morgan fingerprint density at radius 3 is 2.84 bits per heavy atom. The monoisotopic (exact) mass is 304 g/mol. The summed E-state index contributed by atoms with van der Waals surface area (Å²) in [4.78, 5) is 0. The van der Waals surface area contributed by atoms with E-state index in [2.05, 4.69) is 0 Å². The second kappa shape index (κ2) is 6.11. The fourth-order valence-corrected chi connectivity index (χ4v) is 4.12. The minimum atomic E-state index is -3.21. The van der Waals surface area contributed by atoms with Gasteiger partial charge >= 0.3 is 0 Å². The predicted octanol–water partition coefficient (Wildman–Crippen LogP) is 2.44. The van der Waals surface area contributed by atoms with E-state index >= 15 is 0 Å². The lowest BCUT2D eigenvalue weighted by atomic mass is 10.2. The smallest absolute Gasteiger partial charge is 0.157 e. The third-order valence-corrected chi connectivity index (χ3v) is 5.08. The van der Waals surface area contributed by atoms with Crippen molar-refractivity contribution in [3.63, 3.8) is 0 Å². The van der Waals surface area contributed by atoms with Gasteiger partial charge in [0.1, 0.15) is 5.75 Å². The van der Waals surface area contributed by atoms with Crippen molar-refractivity contribution >= 4 is 21.4 Å². The number of halogens is 1. The molecule has 4 nitrogen and oxygen atoms in total. The van der Waals surface area contributed by atoms with Crippen LogP contribution in [0.1, 0.15) is 18.4 Å². The van der Waals surface area contributed by atoms with Gasteiger partial charge in [0.2, 0.25) is 0 Å². The molecule has 2 rings (SSSR count). The van der Waals surface area contributed by atoms with Crippen LogP contribution in [0.15, 0.2) is 18.2 Å². The molecule has 1 atom stereocenters. The second-order valence-corrected chi connectivity index (χ2v) is 7.16. The first-order chi connectivity index (χ1) is 9.00. The van der Waals surface area contributed by atoms with Crippen LogP contribution in [0.2, 0.25) is 5.02 Å². The Balaban J connectivity index is 2.06. The zero-order chi connectivity index (χ0) is 13.9. The highest BCUT2D eigenvalue weighted by Crippen LogP contribution is 2.25. The van der Waals surface area contributed by atoms with E-state index in [0.717, 1.165) is 12.8 Å². The maximum Gasteiger partial charge on any atom is 0.157 e. The molecule has 0 saturated carbocycles. The highest BCUT2D eigenvalue weighted by atomic mass is 35.5. The number of hydrogen-bond acceptors (Lipinski definition) is 4. The zero-order valence-corrected chi connectivity index (χ0v) is 12.3. The largest absolute Gasteiger partial charge is 0.497 e. The third-order valence-electron chi connectivity index (χ3n) is 3.10. The summed E-state index contributed by atoms with van der Waals surface area (Å²) in [6, 6.07) is 5.02. The first kappa shape index (κ1) is 14.6. The second-order valence-electron chi connectivity index (χ2n) is 4.65. The van der Waals surface area contributed by atoms with E-state index in [1.54, 1.807) is 25.3 Å². The fraction of sp³-hybridized carbons (Fsp3) is 0.538. The molecule has 1 aromatic rings. The van der Waals surface area contributed by atoms with Gasteiger partial charge in [-0.2, -0.15) is 0 Å². The van der Waals surface area contributed by atoms with Crippen LogP contribution >= 0.6 is 11.6 Å². The normalized spacial score (nSPS) is 19.6. The van der Waals surface area contributed by atoms with E-state index in [1.807, 2.05) is 0 Å². The Labute approximate surface area is 118 Å². The Bertz CT molecular complexity index is 536. The van der Waals surface area contributed by atoms with E-state index in [-0.39, 0.29) is 17.6 Å². The first-order valence-corrected chi connectivity index (χ1v) is 8.34. The van der Waals surface area contributed by atoms with Crippen molar-refractivity contribution < 1.29 is 17.9 Å². The lowest BCUT2D eigenvalue weighted by Gasteiger charge is -2.11. The van der Waals surface area contributed by atoms with E-state index in [9.17, 15) is 8.42 Å². The summed E-state index contributed by atoms with van der Waals surface area (Å²) in [5, 5.41) is 0.412. The van der Waals surface area contributed by atoms with Crippen molar-refractivity contribution in [3.8, 4) is 5.75 Å². The molecule has 106 valence electrons. The predicted molar refractivity (Wildman–Crippen MR) is 74.5 cm³/mol. The molecule has 6 heteroatoms. The average Bonchev–Trinajstić information content (AvgIpc) is 2.83. The van der Waals surface area contributed by atoms with Gasteiger partial charge in [0.05, 0.1) is 24.7 Å². The molecule has 19 heavy (non-hydrogen) atoms.